The minimum Gasteiger partial charge on any atom is -0.494 e. The average Bonchev–Trinajstić information content (AvgIpc) is 2.33. The highest BCUT2D eigenvalue weighted by Gasteiger charge is 2.29. The molecule has 1 aliphatic carbocycles. The topological polar surface area (TPSA) is 21.3 Å². The summed E-state index contributed by atoms with van der Waals surface area (Å²) in [4.78, 5) is 0. The van der Waals surface area contributed by atoms with Crippen LogP contribution < -0.4 is 10.1 Å². The summed E-state index contributed by atoms with van der Waals surface area (Å²) in [6.45, 7) is 6.03. The molecule has 2 rings (SSSR count). The van der Waals surface area contributed by atoms with Crippen LogP contribution >= 0.6 is 15.9 Å². The lowest BCUT2D eigenvalue weighted by Crippen LogP contribution is -2.32. The number of nitrogens with one attached hydrogen (secondary N) is 1. The van der Waals surface area contributed by atoms with Crippen LogP contribution in [0, 0.1) is 5.92 Å². The molecule has 0 spiro atoms. The van der Waals surface area contributed by atoms with Crippen LogP contribution in [-0.2, 0) is 0 Å². The first kappa shape index (κ1) is 14.9. The Balaban J connectivity index is 2.15. The number of rotatable bonds is 7. The van der Waals surface area contributed by atoms with Crippen LogP contribution in [-0.4, -0.2) is 13.2 Å². The van der Waals surface area contributed by atoms with Crippen molar-refractivity contribution in [2.24, 2.45) is 5.92 Å². The summed E-state index contributed by atoms with van der Waals surface area (Å²) in [6.07, 6.45) is 5.25. The van der Waals surface area contributed by atoms with Crippen molar-refractivity contribution in [3.8, 4) is 5.75 Å². The Bertz CT molecular complexity index is 404. The molecule has 1 atom stereocenters. The number of ether oxygens (including phenoxy) is 1. The highest BCUT2D eigenvalue weighted by Crippen LogP contribution is 2.40. The van der Waals surface area contributed by atoms with Gasteiger partial charge in [0.05, 0.1) is 6.61 Å². The van der Waals surface area contributed by atoms with E-state index >= 15 is 0 Å². The molecule has 1 fully saturated rings. The summed E-state index contributed by atoms with van der Waals surface area (Å²) in [5, 5.41) is 3.71. The Morgan fingerprint density at radius 3 is 2.68 bits per heavy atom. The van der Waals surface area contributed by atoms with E-state index in [9.17, 15) is 0 Å². The first-order chi connectivity index (χ1) is 9.26. The number of hydrogen-bond donors (Lipinski definition) is 1. The summed E-state index contributed by atoms with van der Waals surface area (Å²) in [5.41, 5.74) is 1.38. The maximum atomic E-state index is 5.55. The second-order valence-electron chi connectivity index (χ2n) is 5.24. The van der Waals surface area contributed by atoms with Crippen molar-refractivity contribution in [2.45, 2.75) is 45.6 Å². The quantitative estimate of drug-likeness (QED) is 0.785. The molecule has 106 valence electrons. The van der Waals surface area contributed by atoms with Crippen molar-refractivity contribution in [3.63, 3.8) is 0 Å². The lowest BCUT2D eigenvalue weighted by molar-refractivity contribution is 0.230. The van der Waals surface area contributed by atoms with Crippen LogP contribution in [0.15, 0.2) is 22.7 Å². The zero-order valence-corrected chi connectivity index (χ0v) is 13.5. The molecule has 0 radical (unpaired) electrons. The monoisotopic (exact) mass is 325 g/mol. The van der Waals surface area contributed by atoms with Gasteiger partial charge in [0.15, 0.2) is 0 Å². The van der Waals surface area contributed by atoms with Gasteiger partial charge in [-0.1, -0.05) is 35.3 Å². The van der Waals surface area contributed by atoms with Gasteiger partial charge in [-0.3, -0.25) is 0 Å². The highest BCUT2D eigenvalue weighted by atomic mass is 79.9. The molecule has 0 bridgehead atoms. The summed E-state index contributed by atoms with van der Waals surface area (Å²) in [6, 6.07) is 6.88. The third-order valence-corrected chi connectivity index (χ3v) is 4.54. The number of hydrogen-bond acceptors (Lipinski definition) is 2. The molecule has 1 aromatic rings. The maximum Gasteiger partial charge on any atom is 0.120 e. The Hall–Kier alpha value is -0.540. The van der Waals surface area contributed by atoms with Crippen LogP contribution in [0.2, 0.25) is 0 Å². The van der Waals surface area contributed by atoms with E-state index in [-0.39, 0.29) is 0 Å². The van der Waals surface area contributed by atoms with Crippen LogP contribution in [0.3, 0.4) is 0 Å². The molecule has 0 aromatic heterocycles. The van der Waals surface area contributed by atoms with Gasteiger partial charge < -0.3 is 10.1 Å². The molecular weight excluding hydrogens is 302 g/mol. The molecule has 1 aromatic carbocycles. The first-order valence-electron chi connectivity index (χ1n) is 7.41. The van der Waals surface area contributed by atoms with Gasteiger partial charge in [0.25, 0.3) is 0 Å². The van der Waals surface area contributed by atoms with Crippen LogP contribution in [0.4, 0.5) is 0 Å². The van der Waals surface area contributed by atoms with Gasteiger partial charge in [-0.25, -0.2) is 0 Å². The van der Waals surface area contributed by atoms with Crippen LogP contribution in [0.25, 0.3) is 0 Å². The molecule has 1 aliphatic rings. The van der Waals surface area contributed by atoms with Crippen molar-refractivity contribution in [1.29, 1.82) is 0 Å². The third kappa shape index (κ3) is 3.73. The lowest BCUT2D eigenvalue weighted by Gasteiger charge is -2.35. The minimum absolute atomic E-state index is 0.485. The second kappa shape index (κ2) is 7.30. The van der Waals surface area contributed by atoms with E-state index in [1.807, 2.05) is 6.92 Å². The summed E-state index contributed by atoms with van der Waals surface area (Å²) in [7, 11) is 0. The van der Waals surface area contributed by atoms with Gasteiger partial charge in [0, 0.05) is 10.5 Å². The number of benzene rings is 1. The van der Waals surface area contributed by atoms with Crippen LogP contribution in [0.1, 0.15) is 51.1 Å². The molecule has 1 unspecified atom stereocenters. The van der Waals surface area contributed by atoms with Crippen molar-refractivity contribution >= 4 is 15.9 Å². The third-order valence-electron chi connectivity index (χ3n) is 3.85. The Kier molecular flexibility index (Phi) is 5.71. The molecule has 1 saturated carbocycles. The van der Waals surface area contributed by atoms with E-state index < -0.39 is 0 Å². The SMILES string of the molecule is CCCNC(c1ccc(OCC)cc1Br)C1CCC1. The van der Waals surface area contributed by atoms with E-state index in [0.717, 1.165) is 18.2 Å². The van der Waals surface area contributed by atoms with Crippen molar-refractivity contribution in [1.82, 2.24) is 5.32 Å². The van der Waals surface area contributed by atoms with Gasteiger partial charge in [0.1, 0.15) is 5.75 Å². The summed E-state index contributed by atoms with van der Waals surface area (Å²) < 4.78 is 6.72. The van der Waals surface area contributed by atoms with Gasteiger partial charge in [-0.15, -0.1) is 0 Å². The number of halogens is 1. The standard InChI is InChI=1S/C16H24BrNO/c1-3-10-18-16(12-6-5-7-12)14-9-8-13(19-4-2)11-15(14)17/h8-9,11-12,16,18H,3-7,10H2,1-2H3. The Morgan fingerprint density at radius 2 is 2.16 bits per heavy atom. The zero-order valence-electron chi connectivity index (χ0n) is 11.9. The van der Waals surface area contributed by atoms with E-state index in [4.69, 9.17) is 4.74 Å². The predicted molar refractivity (Wildman–Crippen MR) is 83.7 cm³/mol. The smallest absolute Gasteiger partial charge is 0.120 e. The van der Waals surface area contributed by atoms with E-state index in [1.54, 1.807) is 0 Å². The molecule has 0 saturated heterocycles. The van der Waals surface area contributed by atoms with E-state index in [0.29, 0.717) is 12.6 Å². The van der Waals surface area contributed by atoms with Gasteiger partial charge >= 0.3 is 0 Å². The van der Waals surface area contributed by atoms with Crippen molar-refractivity contribution < 1.29 is 4.74 Å². The molecule has 19 heavy (non-hydrogen) atoms. The molecule has 0 amide bonds. The molecular formula is C16H24BrNO. The molecule has 3 heteroatoms. The Labute approximate surface area is 125 Å². The van der Waals surface area contributed by atoms with Gasteiger partial charge in [0.2, 0.25) is 0 Å². The average molecular weight is 326 g/mol. The van der Waals surface area contributed by atoms with Gasteiger partial charge in [-0.2, -0.15) is 0 Å². The molecule has 2 nitrogen and oxygen atoms in total. The highest BCUT2D eigenvalue weighted by molar-refractivity contribution is 9.10. The molecule has 0 aliphatic heterocycles. The lowest BCUT2D eigenvalue weighted by atomic mass is 9.77. The maximum absolute atomic E-state index is 5.55. The van der Waals surface area contributed by atoms with Crippen LogP contribution in [0.5, 0.6) is 5.75 Å². The fourth-order valence-corrected chi connectivity index (χ4v) is 3.22. The first-order valence-corrected chi connectivity index (χ1v) is 8.21. The van der Waals surface area contributed by atoms with Crippen molar-refractivity contribution in [2.75, 3.05) is 13.2 Å². The largest absolute Gasteiger partial charge is 0.494 e. The zero-order chi connectivity index (χ0) is 13.7. The molecule has 1 N–H and O–H groups in total. The molecule has 0 heterocycles. The second-order valence-corrected chi connectivity index (χ2v) is 6.09. The summed E-state index contributed by atoms with van der Waals surface area (Å²) >= 11 is 3.71. The fourth-order valence-electron chi connectivity index (χ4n) is 2.62. The minimum atomic E-state index is 0.485. The van der Waals surface area contributed by atoms with E-state index in [2.05, 4.69) is 46.4 Å². The Morgan fingerprint density at radius 1 is 1.37 bits per heavy atom. The van der Waals surface area contributed by atoms with E-state index in [1.165, 1.54) is 35.7 Å². The fraction of sp³-hybridized carbons (Fsp3) is 0.625. The van der Waals surface area contributed by atoms with Crippen molar-refractivity contribution in [3.05, 3.63) is 28.2 Å². The van der Waals surface area contributed by atoms with Gasteiger partial charge in [-0.05, 0) is 56.3 Å². The normalized spacial score (nSPS) is 17.0. The summed E-state index contributed by atoms with van der Waals surface area (Å²) in [5.74, 6) is 1.74. The predicted octanol–water partition coefficient (Wildman–Crippen LogP) is 4.69.